The number of benzene rings is 2. The summed E-state index contributed by atoms with van der Waals surface area (Å²) in [5.41, 5.74) is 1.50. The van der Waals surface area contributed by atoms with Crippen LogP contribution in [0.25, 0.3) is 11.0 Å². The molecule has 0 radical (unpaired) electrons. The molecule has 7 rings (SSSR count). The number of ether oxygens (including phenoxy) is 9. The van der Waals surface area contributed by atoms with Gasteiger partial charge in [0.2, 0.25) is 17.3 Å². The van der Waals surface area contributed by atoms with E-state index in [4.69, 9.17) is 47.0 Å². The number of piperidine rings is 1. The number of Topliss-reactive ketones (excluding diaryl/α,β-unsaturated/α-hetero) is 3. The minimum atomic E-state index is -5.42. The Hall–Kier alpha value is -4.57. The number of carbonyl (C=O) groups is 6. The van der Waals surface area contributed by atoms with Crippen molar-refractivity contribution in [2.75, 3.05) is 56.3 Å². The third-order valence-corrected chi connectivity index (χ3v) is 19.4. The quantitative estimate of drug-likeness (QED) is 0.0521. The molecule has 1 amide bonds. The number of aliphatic hydroxyl groups is 3. The molecule has 3 aliphatic heterocycles. The number of furan rings is 1. The predicted octanol–water partition coefficient (Wildman–Crippen LogP) is 2.40. The molecule has 1 saturated carbocycles. The summed E-state index contributed by atoms with van der Waals surface area (Å²) in [6, 6.07) is 4.69. The number of nitrogens with zero attached hydrogens (tertiary/aromatic N) is 1. The van der Waals surface area contributed by atoms with E-state index in [1.807, 2.05) is 58.1 Å². The first-order valence-electron chi connectivity index (χ1n) is 32.7. The molecule has 1 aliphatic carbocycles. The second-order valence-electron chi connectivity index (χ2n) is 25.9. The maximum Gasteiger partial charge on any atom is 1.00 e. The maximum atomic E-state index is 14.4. The van der Waals surface area contributed by atoms with Gasteiger partial charge in [-0.3, -0.25) is 24.0 Å². The van der Waals surface area contributed by atoms with Gasteiger partial charge in [-0.2, -0.15) is 0 Å². The van der Waals surface area contributed by atoms with Crippen molar-refractivity contribution in [1.82, 2.24) is 4.90 Å². The third kappa shape index (κ3) is 21.7. The monoisotopic (exact) mass is 1410 g/mol. The minimum absolute atomic E-state index is 0. The van der Waals surface area contributed by atoms with Crippen LogP contribution >= 0.6 is 7.82 Å². The Balaban J connectivity index is 0.000000516. The van der Waals surface area contributed by atoms with Crippen molar-refractivity contribution in [3.05, 3.63) is 88.8 Å². The third-order valence-electron chi connectivity index (χ3n) is 19.0. The number of hydrogen-bond donors (Lipinski definition) is 3. The van der Waals surface area contributed by atoms with Crippen LogP contribution in [0.1, 0.15) is 147 Å². The van der Waals surface area contributed by atoms with Crippen LogP contribution in [0.3, 0.4) is 0 Å². The summed E-state index contributed by atoms with van der Waals surface area (Å²) < 4.78 is 71.6. The van der Waals surface area contributed by atoms with Crippen LogP contribution in [0.2, 0.25) is 0 Å². The molecule has 4 heterocycles. The molecular formula is C71H98NNa2O23P. The van der Waals surface area contributed by atoms with Gasteiger partial charge in [-0.15, -0.1) is 0 Å². The molecule has 1 aromatic heterocycles. The van der Waals surface area contributed by atoms with Gasteiger partial charge in [0.25, 0.3) is 11.7 Å². The van der Waals surface area contributed by atoms with Crippen molar-refractivity contribution >= 4 is 53.8 Å². The number of allylic oxidation sites excluding steroid dienone is 6. The van der Waals surface area contributed by atoms with Crippen molar-refractivity contribution in [1.29, 1.82) is 0 Å². The second kappa shape index (κ2) is 39.2. The van der Waals surface area contributed by atoms with E-state index >= 15 is 0 Å². The number of aliphatic hydroxyl groups excluding tert-OH is 2. The molecule has 3 fully saturated rings. The number of methoxy groups -OCH3 is 7. The van der Waals surface area contributed by atoms with Crippen molar-refractivity contribution in [3.8, 4) is 28.7 Å². The molecule has 2 aromatic carbocycles. The van der Waals surface area contributed by atoms with E-state index in [-0.39, 0.29) is 159 Å². The fourth-order valence-electron chi connectivity index (χ4n) is 13.4. The summed E-state index contributed by atoms with van der Waals surface area (Å²) in [5, 5.41) is 34.1. The zero-order valence-corrected chi connectivity index (χ0v) is 64.8. The second-order valence-corrected chi connectivity index (χ2v) is 27.0. The van der Waals surface area contributed by atoms with E-state index in [9.17, 15) is 58.4 Å². The van der Waals surface area contributed by atoms with E-state index in [0.29, 0.717) is 69.1 Å². The van der Waals surface area contributed by atoms with E-state index in [0.717, 1.165) is 12.0 Å². The average molecular weight is 1410 g/mol. The normalized spacial score (nSPS) is 30.4. The van der Waals surface area contributed by atoms with Crippen molar-refractivity contribution in [2.24, 2.45) is 35.5 Å². The standard InChI is InChI=1S/C51H79NO13.C20H21O10P.2Na/c1-30-16-12-11-13-17-31(2)42(61-8)28-38-21-19-36(7)51(60,65-38)48(57)49(58)52-23-15-14-18-39(52)50(59)64-43(33(4)26-37-20-22-40(53)44(27-37)62-9)29-41(54)32(3)25-35(6)46(56)47(63-10)45(55)34(5)24-30;1-10-16(17(21)11-8-14(26-3)19(28-5)15(9-11)27-4)12-6-7-13(25-2)20(18(12)29-10)30-31(22,23)24;;/h11-13,16-17,25,30,32-34,36-40,42-44,46-47,53,56,60H,14-15,18-24,26-29H2,1-10H3;6-9H,1-5H3,(H2,22,23,24);;/q;;2*+1/p-2/b13-11+,16-12+,31-17+,35-25+;;;/t30-,32-,33-,34-,36-,37+,38+,39+,40-,42+,43+,44-,46-,47+,51-;;;/m1.../s1. The first kappa shape index (κ1) is 85.8. The Kier molecular flexibility index (Phi) is 34.3. The number of fused-ring (bicyclic) bond motifs is 4. The molecule has 4 aliphatic rings. The van der Waals surface area contributed by atoms with Crippen molar-refractivity contribution < 1.29 is 169 Å². The van der Waals surface area contributed by atoms with Crippen LogP contribution in [0.5, 0.6) is 28.7 Å². The largest absolute Gasteiger partial charge is 1.00 e. The summed E-state index contributed by atoms with van der Waals surface area (Å²) in [4.78, 5) is 108. The van der Waals surface area contributed by atoms with Gasteiger partial charge in [0.15, 0.2) is 34.4 Å². The molecule has 3 aromatic rings. The number of cyclic esters (lactones) is 1. The number of phosphoric acid groups is 1. The van der Waals surface area contributed by atoms with E-state index in [1.54, 1.807) is 41.1 Å². The number of esters is 1. The van der Waals surface area contributed by atoms with Gasteiger partial charge >= 0.3 is 65.1 Å². The number of amides is 1. The Morgan fingerprint density at radius 3 is 2.04 bits per heavy atom. The number of carbonyl (C=O) groups excluding carboxylic acids is 6. The summed E-state index contributed by atoms with van der Waals surface area (Å²) >= 11 is 0. The maximum absolute atomic E-state index is 14.4. The van der Waals surface area contributed by atoms with Gasteiger partial charge < -0.3 is 86.1 Å². The smallest absolute Gasteiger partial charge is 0.780 e. The fourth-order valence-corrected chi connectivity index (χ4v) is 13.7. The zero-order chi connectivity index (χ0) is 71.1. The molecule has 0 unspecified atom stereocenters. The van der Waals surface area contributed by atoms with Crippen LogP contribution < -0.4 is 92.4 Å². The summed E-state index contributed by atoms with van der Waals surface area (Å²) in [7, 11) is 4.65. The average Bonchev–Trinajstić information content (AvgIpc) is 1.52. The molecule has 24 nitrogen and oxygen atoms in total. The number of phosphoric ester groups is 1. The van der Waals surface area contributed by atoms with Crippen LogP contribution in [-0.2, 0) is 52.2 Å². The van der Waals surface area contributed by atoms with Crippen molar-refractivity contribution in [2.45, 2.75) is 187 Å². The van der Waals surface area contributed by atoms with E-state index < -0.39 is 103 Å². The van der Waals surface area contributed by atoms with Crippen LogP contribution in [0.4, 0.5) is 0 Å². The molecule has 0 spiro atoms. The Morgan fingerprint density at radius 2 is 1.44 bits per heavy atom. The fraction of sp³-hybridized carbons (Fsp3) is 0.606. The van der Waals surface area contributed by atoms with Crippen LogP contribution in [0, 0.1) is 42.4 Å². The molecule has 2 saturated heterocycles. The molecule has 532 valence electrons. The number of hydrogen-bond acceptors (Lipinski definition) is 23. The Labute approximate surface area is 619 Å². The molecule has 3 N–H and O–H groups in total. The van der Waals surface area contributed by atoms with Gasteiger partial charge in [0.1, 0.15) is 43.7 Å². The first-order valence-corrected chi connectivity index (χ1v) is 34.2. The van der Waals surface area contributed by atoms with E-state index in [2.05, 4.69) is 4.52 Å². The van der Waals surface area contributed by atoms with Gasteiger partial charge in [-0.25, -0.2) is 4.79 Å². The van der Waals surface area contributed by atoms with Crippen LogP contribution in [-0.4, -0.2) is 166 Å². The van der Waals surface area contributed by atoms with Gasteiger partial charge in [0.05, 0.1) is 58.4 Å². The minimum Gasteiger partial charge on any atom is -0.780 e. The first-order chi connectivity index (χ1) is 45.4. The topological polar surface area (TPSA) is 335 Å². The Bertz CT molecular complexity index is 3370. The zero-order valence-electron chi connectivity index (χ0n) is 59.9. The van der Waals surface area contributed by atoms with Gasteiger partial charge in [-0.05, 0) is 138 Å². The van der Waals surface area contributed by atoms with E-state index in [1.165, 1.54) is 71.6 Å². The SMILES string of the molecule is CO[C@H]1C[C@@H]2CC[C@@H](C)[C@@](O)(O2)C(=O)C(=O)N2CCCC[C@H]2C(=O)O[C@H]([C@H](C)C[C@@H]2CC[C@@H](O)[C@H](OC)C2)CC(=O)[C@H](C)/C=C(\C)[C@@H](O)[C@@H](OC)C(=O)[C@H](C)C[C@H](C)/C=C/C=C/C=C/1C.COc1cc(C(=O)c2c(C)oc3c(OP(=O)([O-])[O-])c(OC)ccc23)cc(OC)c1OC.[Na+].[Na+]. The molecule has 27 heteroatoms. The number of aryl methyl sites for hydroxylation is 1. The summed E-state index contributed by atoms with van der Waals surface area (Å²) in [5.74, 6) is -7.84. The summed E-state index contributed by atoms with van der Waals surface area (Å²) in [6.45, 7) is 14.3. The Morgan fingerprint density at radius 1 is 0.776 bits per heavy atom. The summed E-state index contributed by atoms with van der Waals surface area (Å²) in [6.07, 6.45) is 11.2. The number of ketones is 4. The molecule has 15 atom stereocenters. The van der Waals surface area contributed by atoms with Gasteiger partial charge in [-0.1, -0.05) is 71.1 Å². The van der Waals surface area contributed by atoms with Gasteiger partial charge in [0, 0.05) is 69.4 Å². The predicted molar refractivity (Wildman–Crippen MR) is 350 cm³/mol. The number of rotatable bonds is 14. The van der Waals surface area contributed by atoms with Crippen molar-refractivity contribution in [3.63, 3.8) is 0 Å². The molecule has 2 bridgehead atoms. The molecular weight excluding hydrogens is 1310 g/mol. The molecule has 98 heavy (non-hydrogen) atoms. The van der Waals surface area contributed by atoms with Crippen LogP contribution in [0.15, 0.2) is 76.3 Å².